The second kappa shape index (κ2) is 6.61. The van der Waals surface area contributed by atoms with E-state index >= 15 is 0 Å². The maximum absolute atomic E-state index is 13.3. The Kier molecular flexibility index (Phi) is 5.43. The zero-order chi connectivity index (χ0) is 12.0. The van der Waals surface area contributed by atoms with Crippen LogP contribution < -0.4 is 5.32 Å². The van der Waals surface area contributed by atoms with Gasteiger partial charge in [0.1, 0.15) is 5.82 Å². The van der Waals surface area contributed by atoms with Crippen LogP contribution in [0.15, 0.2) is 24.3 Å². The molecule has 90 valence electrons. The second-order valence-corrected chi connectivity index (χ2v) is 4.28. The Labute approximate surface area is 96.5 Å². The number of rotatable bonds is 6. The highest BCUT2D eigenvalue weighted by Gasteiger charge is 2.07. The van der Waals surface area contributed by atoms with Gasteiger partial charge in [0.25, 0.3) is 0 Å². The van der Waals surface area contributed by atoms with E-state index < -0.39 is 0 Å². The zero-order valence-corrected chi connectivity index (χ0v) is 9.91. The van der Waals surface area contributed by atoms with Crippen molar-refractivity contribution in [2.24, 2.45) is 0 Å². The molecule has 2 atom stereocenters. The summed E-state index contributed by atoms with van der Waals surface area (Å²) >= 11 is 0. The first-order valence-electron chi connectivity index (χ1n) is 5.73. The Morgan fingerprint density at radius 1 is 1.25 bits per heavy atom. The van der Waals surface area contributed by atoms with Gasteiger partial charge in [-0.1, -0.05) is 18.2 Å². The smallest absolute Gasteiger partial charge is 0.126 e. The van der Waals surface area contributed by atoms with Gasteiger partial charge in [0.15, 0.2) is 0 Å². The number of halogens is 1. The molecule has 0 amide bonds. The number of aryl methyl sites for hydroxylation is 1. The zero-order valence-electron chi connectivity index (χ0n) is 9.91. The highest BCUT2D eigenvalue weighted by molar-refractivity contribution is 5.17. The molecule has 0 aliphatic carbocycles. The largest absolute Gasteiger partial charge is 0.395 e. The first kappa shape index (κ1) is 13.1. The third-order valence-electron chi connectivity index (χ3n) is 2.65. The van der Waals surface area contributed by atoms with E-state index in [1.807, 2.05) is 26.0 Å². The van der Waals surface area contributed by atoms with Gasteiger partial charge in [0.05, 0.1) is 6.61 Å². The fourth-order valence-corrected chi connectivity index (χ4v) is 1.69. The second-order valence-electron chi connectivity index (χ2n) is 4.28. The molecular weight excluding hydrogens is 205 g/mol. The Morgan fingerprint density at radius 3 is 2.56 bits per heavy atom. The molecule has 1 aromatic rings. The lowest BCUT2D eigenvalue weighted by Gasteiger charge is -2.18. The molecule has 0 spiro atoms. The molecular formula is C13H20FNO. The molecule has 0 aliphatic heterocycles. The van der Waals surface area contributed by atoms with Crippen molar-refractivity contribution in [1.82, 2.24) is 5.32 Å². The van der Waals surface area contributed by atoms with Gasteiger partial charge < -0.3 is 10.4 Å². The SMILES string of the molecule is CC(CCc1ccccc1F)N[C@@H](C)CO. The van der Waals surface area contributed by atoms with E-state index in [9.17, 15) is 4.39 Å². The maximum Gasteiger partial charge on any atom is 0.126 e. The first-order valence-corrected chi connectivity index (χ1v) is 5.73. The predicted octanol–water partition coefficient (Wildman–Crippen LogP) is 2.12. The molecule has 1 unspecified atom stereocenters. The summed E-state index contributed by atoms with van der Waals surface area (Å²) in [6.07, 6.45) is 1.59. The van der Waals surface area contributed by atoms with Crippen LogP contribution in [0.2, 0.25) is 0 Å². The molecule has 0 aromatic heterocycles. The van der Waals surface area contributed by atoms with Gasteiger partial charge in [-0.25, -0.2) is 4.39 Å². The fraction of sp³-hybridized carbons (Fsp3) is 0.538. The summed E-state index contributed by atoms with van der Waals surface area (Å²) in [6, 6.07) is 7.24. The lowest BCUT2D eigenvalue weighted by atomic mass is 10.1. The van der Waals surface area contributed by atoms with Gasteiger partial charge in [-0.2, -0.15) is 0 Å². The number of hydrogen-bond acceptors (Lipinski definition) is 2. The minimum atomic E-state index is -0.134. The summed E-state index contributed by atoms with van der Waals surface area (Å²) in [6.45, 7) is 4.11. The fourth-order valence-electron chi connectivity index (χ4n) is 1.69. The summed E-state index contributed by atoms with van der Waals surface area (Å²) in [4.78, 5) is 0. The molecule has 16 heavy (non-hydrogen) atoms. The molecule has 1 rings (SSSR count). The van der Waals surface area contributed by atoms with Gasteiger partial charge >= 0.3 is 0 Å². The summed E-state index contributed by atoms with van der Waals surface area (Å²) in [5.41, 5.74) is 0.757. The molecule has 0 bridgehead atoms. The van der Waals surface area contributed by atoms with Crippen LogP contribution in [-0.2, 0) is 6.42 Å². The van der Waals surface area contributed by atoms with Gasteiger partial charge in [-0.3, -0.25) is 0 Å². The van der Waals surface area contributed by atoms with Crippen molar-refractivity contribution in [1.29, 1.82) is 0 Å². The number of nitrogens with one attached hydrogen (secondary N) is 1. The van der Waals surface area contributed by atoms with Crippen LogP contribution in [0, 0.1) is 5.82 Å². The van der Waals surface area contributed by atoms with Crippen molar-refractivity contribution in [3.63, 3.8) is 0 Å². The Balaban J connectivity index is 2.37. The van der Waals surface area contributed by atoms with Gasteiger partial charge in [0, 0.05) is 12.1 Å². The van der Waals surface area contributed by atoms with E-state index in [1.165, 1.54) is 6.07 Å². The quantitative estimate of drug-likeness (QED) is 0.777. The van der Waals surface area contributed by atoms with Gasteiger partial charge in [-0.15, -0.1) is 0 Å². The minimum Gasteiger partial charge on any atom is -0.395 e. The number of hydrogen-bond donors (Lipinski definition) is 2. The highest BCUT2D eigenvalue weighted by atomic mass is 19.1. The number of benzene rings is 1. The maximum atomic E-state index is 13.3. The third-order valence-corrected chi connectivity index (χ3v) is 2.65. The van der Waals surface area contributed by atoms with Crippen LogP contribution in [-0.4, -0.2) is 23.8 Å². The van der Waals surface area contributed by atoms with E-state index in [-0.39, 0.29) is 24.5 Å². The summed E-state index contributed by atoms with van der Waals surface area (Å²) < 4.78 is 13.3. The van der Waals surface area contributed by atoms with Crippen LogP contribution in [0.3, 0.4) is 0 Å². The predicted molar refractivity (Wildman–Crippen MR) is 63.9 cm³/mol. The molecule has 2 N–H and O–H groups in total. The van der Waals surface area contributed by atoms with Gasteiger partial charge in [0.2, 0.25) is 0 Å². The molecule has 0 saturated heterocycles. The van der Waals surface area contributed by atoms with E-state index in [0.29, 0.717) is 0 Å². The third kappa shape index (κ3) is 4.29. The summed E-state index contributed by atoms with van der Waals surface area (Å²) in [7, 11) is 0. The number of aliphatic hydroxyl groups excluding tert-OH is 1. The van der Waals surface area contributed by atoms with E-state index in [0.717, 1.165) is 18.4 Å². The molecule has 0 aliphatic rings. The average Bonchev–Trinajstić information content (AvgIpc) is 2.28. The molecule has 0 radical (unpaired) electrons. The van der Waals surface area contributed by atoms with E-state index in [4.69, 9.17) is 5.11 Å². The summed E-state index contributed by atoms with van der Waals surface area (Å²) in [5, 5.41) is 12.1. The van der Waals surface area contributed by atoms with Crippen molar-refractivity contribution in [3.05, 3.63) is 35.6 Å². The Hall–Kier alpha value is -0.930. The van der Waals surface area contributed by atoms with Crippen LogP contribution in [0.25, 0.3) is 0 Å². The topological polar surface area (TPSA) is 32.3 Å². The van der Waals surface area contributed by atoms with E-state index in [2.05, 4.69) is 5.32 Å². The average molecular weight is 225 g/mol. The normalized spacial score (nSPS) is 14.8. The van der Waals surface area contributed by atoms with E-state index in [1.54, 1.807) is 6.07 Å². The lowest BCUT2D eigenvalue weighted by Crippen LogP contribution is -2.37. The molecule has 0 heterocycles. The molecule has 1 aromatic carbocycles. The Morgan fingerprint density at radius 2 is 1.94 bits per heavy atom. The lowest BCUT2D eigenvalue weighted by molar-refractivity contribution is 0.241. The standard InChI is InChI=1S/C13H20FNO/c1-10(15-11(2)9-16)7-8-12-5-3-4-6-13(12)14/h3-6,10-11,15-16H,7-9H2,1-2H3/t10?,11-/m0/s1. The van der Waals surface area contributed by atoms with Crippen molar-refractivity contribution < 1.29 is 9.50 Å². The molecule has 2 nitrogen and oxygen atoms in total. The van der Waals surface area contributed by atoms with Crippen molar-refractivity contribution in [2.75, 3.05) is 6.61 Å². The van der Waals surface area contributed by atoms with Crippen molar-refractivity contribution in [2.45, 2.75) is 38.8 Å². The molecule has 0 fully saturated rings. The minimum absolute atomic E-state index is 0.0932. The number of aliphatic hydroxyl groups is 1. The van der Waals surface area contributed by atoms with Crippen molar-refractivity contribution in [3.8, 4) is 0 Å². The molecule has 3 heteroatoms. The van der Waals surface area contributed by atoms with Crippen LogP contribution in [0.4, 0.5) is 4.39 Å². The van der Waals surface area contributed by atoms with Gasteiger partial charge in [-0.05, 0) is 38.3 Å². The first-order chi connectivity index (χ1) is 7.63. The summed E-state index contributed by atoms with van der Waals surface area (Å²) in [5.74, 6) is -0.134. The van der Waals surface area contributed by atoms with Crippen molar-refractivity contribution >= 4 is 0 Å². The van der Waals surface area contributed by atoms with Crippen LogP contribution >= 0.6 is 0 Å². The molecule has 0 saturated carbocycles. The Bertz CT molecular complexity index is 317. The van der Waals surface area contributed by atoms with Crippen LogP contribution in [0.5, 0.6) is 0 Å². The highest BCUT2D eigenvalue weighted by Crippen LogP contribution is 2.10. The monoisotopic (exact) mass is 225 g/mol. The van der Waals surface area contributed by atoms with Crippen LogP contribution in [0.1, 0.15) is 25.8 Å².